The number of hydrogen-bond acceptors (Lipinski definition) is 4. The summed E-state index contributed by atoms with van der Waals surface area (Å²) < 4.78 is 4.47. The summed E-state index contributed by atoms with van der Waals surface area (Å²) in [6, 6.07) is 9.38. The number of benzene rings is 1. The Kier molecular flexibility index (Phi) is 2.99. The van der Waals surface area contributed by atoms with E-state index in [2.05, 4.69) is 40.1 Å². The van der Waals surface area contributed by atoms with Gasteiger partial charge in [-0.05, 0) is 50.0 Å². The van der Waals surface area contributed by atoms with Crippen LogP contribution in [0, 0.1) is 0 Å². The molecule has 1 aromatic heterocycles. The molecule has 1 saturated heterocycles. The summed E-state index contributed by atoms with van der Waals surface area (Å²) in [6.45, 7) is 3.39. The fourth-order valence-electron chi connectivity index (χ4n) is 2.40. The second-order valence-corrected chi connectivity index (χ2v) is 5.44. The minimum atomic E-state index is 0.521. The van der Waals surface area contributed by atoms with E-state index in [0.29, 0.717) is 12.1 Å². The highest BCUT2D eigenvalue weighted by Gasteiger charge is 2.21. The van der Waals surface area contributed by atoms with Crippen molar-refractivity contribution in [3.63, 3.8) is 0 Å². The predicted molar refractivity (Wildman–Crippen MR) is 73.7 cm³/mol. The summed E-state index contributed by atoms with van der Waals surface area (Å²) in [4.78, 5) is 0. The Balaban J connectivity index is 1.84. The number of nitrogens with one attached hydrogen (secondary N) is 2. The lowest BCUT2D eigenvalue weighted by Gasteiger charge is -2.30. The van der Waals surface area contributed by atoms with Crippen molar-refractivity contribution in [3.8, 4) is 0 Å². The summed E-state index contributed by atoms with van der Waals surface area (Å²) in [5.74, 6) is 0. The molecule has 4 heteroatoms. The lowest BCUT2D eigenvalue weighted by molar-refractivity contribution is 0.390. The number of anilines is 1. The topological polar surface area (TPSA) is 37.0 Å². The summed E-state index contributed by atoms with van der Waals surface area (Å²) >= 11 is 1.57. The summed E-state index contributed by atoms with van der Waals surface area (Å²) in [5, 5.41) is 9.62. The lowest BCUT2D eigenvalue weighted by atomic mass is 10.00. The quantitative estimate of drug-likeness (QED) is 0.857. The zero-order valence-electron chi connectivity index (χ0n) is 9.94. The number of rotatable bonds is 2. The molecular weight excluding hydrogens is 230 g/mol. The maximum Gasteiger partial charge on any atom is 0.117 e. The summed E-state index contributed by atoms with van der Waals surface area (Å²) in [7, 11) is 0. The number of nitrogens with zero attached hydrogens (tertiary/aromatic N) is 1. The Morgan fingerprint density at radius 3 is 3.18 bits per heavy atom. The summed E-state index contributed by atoms with van der Waals surface area (Å²) in [5.41, 5.74) is 1.09. The van der Waals surface area contributed by atoms with Gasteiger partial charge in [0, 0.05) is 17.5 Å². The molecule has 2 atom stereocenters. The molecule has 90 valence electrons. The molecule has 0 amide bonds. The smallest absolute Gasteiger partial charge is 0.117 e. The zero-order chi connectivity index (χ0) is 11.7. The van der Waals surface area contributed by atoms with Gasteiger partial charge in [-0.2, -0.15) is 4.37 Å². The van der Waals surface area contributed by atoms with Gasteiger partial charge in [0.2, 0.25) is 0 Å². The average molecular weight is 247 g/mol. The van der Waals surface area contributed by atoms with Gasteiger partial charge < -0.3 is 10.6 Å². The largest absolute Gasteiger partial charge is 0.371 e. The number of fused-ring (bicyclic) bond motifs is 1. The van der Waals surface area contributed by atoms with E-state index in [0.717, 1.165) is 12.1 Å². The first-order valence-corrected chi connectivity index (χ1v) is 6.96. The molecule has 2 N–H and O–H groups in total. The molecule has 1 aliphatic rings. The Hall–Kier alpha value is -1.13. The van der Waals surface area contributed by atoms with Crippen LogP contribution in [0.1, 0.15) is 19.8 Å². The van der Waals surface area contributed by atoms with Crippen LogP contribution in [0.15, 0.2) is 24.3 Å². The van der Waals surface area contributed by atoms with Gasteiger partial charge in [0.25, 0.3) is 0 Å². The maximum atomic E-state index is 4.47. The first-order valence-electron chi connectivity index (χ1n) is 6.19. The van der Waals surface area contributed by atoms with Crippen LogP contribution in [-0.2, 0) is 0 Å². The van der Waals surface area contributed by atoms with Crippen molar-refractivity contribution in [2.75, 3.05) is 11.9 Å². The van der Waals surface area contributed by atoms with Crippen LogP contribution in [-0.4, -0.2) is 23.0 Å². The van der Waals surface area contributed by atoms with Gasteiger partial charge in [-0.15, -0.1) is 0 Å². The van der Waals surface area contributed by atoms with Gasteiger partial charge in [0.15, 0.2) is 0 Å². The van der Waals surface area contributed by atoms with Gasteiger partial charge in [-0.3, -0.25) is 0 Å². The second kappa shape index (κ2) is 4.63. The predicted octanol–water partition coefficient (Wildman–Crippen LogP) is 2.85. The molecule has 3 rings (SSSR count). The molecule has 0 saturated carbocycles. The van der Waals surface area contributed by atoms with Crippen molar-refractivity contribution in [1.82, 2.24) is 9.69 Å². The first-order chi connectivity index (χ1) is 8.34. The monoisotopic (exact) mass is 247 g/mol. The molecule has 0 bridgehead atoms. The third-order valence-electron chi connectivity index (χ3n) is 3.46. The third-order valence-corrected chi connectivity index (χ3v) is 4.27. The molecule has 0 aliphatic carbocycles. The summed E-state index contributed by atoms with van der Waals surface area (Å²) in [6.07, 6.45) is 2.49. The standard InChI is InChI=1S/C13H17N3S/c1-9-11(7-4-8-14-9)15-13-10-5-2-3-6-12(10)16-17-13/h2-3,5-6,9,11,14-15H,4,7-8H2,1H3. The van der Waals surface area contributed by atoms with E-state index in [9.17, 15) is 0 Å². The Morgan fingerprint density at radius 1 is 1.41 bits per heavy atom. The van der Waals surface area contributed by atoms with Crippen molar-refractivity contribution < 1.29 is 0 Å². The van der Waals surface area contributed by atoms with Crippen LogP contribution < -0.4 is 10.6 Å². The zero-order valence-corrected chi connectivity index (χ0v) is 10.8. The average Bonchev–Trinajstić information content (AvgIpc) is 2.76. The Labute approximate surface area is 105 Å². The normalized spacial score (nSPS) is 25.0. The van der Waals surface area contributed by atoms with Gasteiger partial charge in [0.05, 0.1) is 5.52 Å². The molecule has 17 heavy (non-hydrogen) atoms. The highest BCUT2D eigenvalue weighted by Crippen LogP contribution is 2.29. The van der Waals surface area contributed by atoms with Gasteiger partial charge >= 0.3 is 0 Å². The number of hydrogen-bond donors (Lipinski definition) is 2. The molecular formula is C13H17N3S. The van der Waals surface area contributed by atoms with Crippen LogP contribution in [0.4, 0.5) is 5.00 Å². The highest BCUT2D eigenvalue weighted by molar-refractivity contribution is 7.11. The van der Waals surface area contributed by atoms with Crippen molar-refractivity contribution in [2.45, 2.75) is 31.8 Å². The number of aromatic nitrogens is 1. The molecule has 3 nitrogen and oxygen atoms in total. The van der Waals surface area contributed by atoms with E-state index in [1.165, 1.54) is 23.2 Å². The number of piperidine rings is 1. The second-order valence-electron chi connectivity index (χ2n) is 4.66. The van der Waals surface area contributed by atoms with E-state index >= 15 is 0 Å². The van der Waals surface area contributed by atoms with E-state index in [1.807, 2.05) is 6.07 Å². The highest BCUT2D eigenvalue weighted by atomic mass is 32.1. The van der Waals surface area contributed by atoms with Crippen LogP contribution in [0.25, 0.3) is 10.9 Å². The van der Waals surface area contributed by atoms with E-state index in [-0.39, 0.29) is 0 Å². The molecule has 1 aromatic carbocycles. The molecule has 2 aromatic rings. The molecule has 1 aliphatic heterocycles. The molecule has 2 unspecified atom stereocenters. The van der Waals surface area contributed by atoms with Crippen molar-refractivity contribution in [3.05, 3.63) is 24.3 Å². The third kappa shape index (κ3) is 2.15. The minimum Gasteiger partial charge on any atom is -0.371 e. The maximum absolute atomic E-state index is 4.47. The van der Waals surface area contributed by atoms with Gasteiger partial charge in [0.1, 0.15) is 5.00 Å². The van der Waals surface area contributed by atoms with Crippen LogP contribution in [0.5, 0.6) is 0 Å². The van der Waals surface area contributed by atoms with E-state index in [1.54, 1.807) is 11.5 Å². The van der Waals surface area contributed by atoms with Gasteiger partial charge in [-0.1, -0.05) is 12.1 Å². The van der Waals surface area contributed by atoms with E-state index in [4.69, 9.17) is 0 Å². The molecule has 1 fully saturated rings. The fraction of sp³-hybridized carbons (Fsp3) is 0.462. The Morgan fingerprint density at radius 2 is 2.29 bits per heavy atom. The fourth-order valence-corrected chi connectivity index (χ4v) is 3.23. The van der Waals surface area contributed by atoms with Crippen LogP contribution in [0.3, 0.4) is 0 Å². The minimum absolute atomic E-state index is 0.521. The molecule has 2 heterocycles. The van der Waals surface area contributed by atoms with Crippen LogP contribution >= 0.6 is 11.5 Å². The van der Waals surface area contributed by atoms with Gasteiger partial charge in [-0.25, -0.2) is 0 Å². The first kappa shape index (κ1) is 11.0. The molecule has 0 radical (unpaired) electrons. The van der Waals surface area contributed by atoms with Crippen molar-refractivity contribution in [2.24, 2.45) is 0 Å². The van der Waals surface area contributed by atoms with Crippen LogP contribution in [0.2, 0.25) is 0 Å². The van der Waals surface area contributed by atoms with Crippen molar-refractivity contribution >= 4 is 27.4 Å². The molecule has 0 spiro atoms. The Bertz CT molecular complexity index is 508. The van der Waals surface area contributed by atoms with E-state index < -0.39 is 0 Å². The van der Waals surface area contributed by atoms with Crippen molar-refractivity contribution in [1.29, 1.82) is 0 Å². The SMILES string of the molecule is CC1NCCCC1Nc1snc2ccccc12. The lowest BCUT2D eigenvalue weighted by Crippen LogP contribution is -2.46.